The SMILES string of the molecule is CC(C)C(NC(=O)Cn1nc(C(N)=O)c2ccccc2c1=O)c1ccccc1. The fraction of sp³-hybridized carbons (Fsp3) is 0.238. The number of fused-ring (bicyclic) bond motifs is 1. The molecule has 0 fully saturated rings. The van der Waals surface area contributed by atoms with E-state index in [-0.39, 0.29) is 30.1 Å². The molecule has 7 heteroatoms. The average molecular weight is 378 g/mol. The molecule has 2 aromatic carbocycles. The van der Waals surface area contributed by atoms with Crippen LogP contribution in [-0.4, -0.2) is 21.6 Å². The van der Waals surface area contributed by atoms with Crippen LogP contribution in [0.1, 0.15) is 35.9 Å². The van der Waals surface area contributed by atoms with Crippen LogP contribution in [0.5, 0.6) is 0 Å². The number of rotatable bonds is 6. The molecule has 3 aromatic rings. The van der Waals surface area contributed by atoms with E-state index in [9.17, 15) is 14.4 Å². The Hall–Kier alpha value is -3.48. The molecule has 0 aliphatic heterocycles. The van der Waals surface area contributed by atoms with Crippen LogP contribution in [0.4, 0.5) is 0 Å². The maximum Gasteiger partial charge on any atom is 0.275 e. The maximum absolute atomic E-state index is 12.7. The normalized spacial score (nSPS) is 12.1. The lowest BCUT2D eigenvalue weighted by atomic mass is 9.96. The minimum atomic E-state index is -0.755. The van der Waals surface area contributed by atoms with Crippen LogP contribution in [0, 0.1) is 5.92 Å². The Morgan fingerprint density at radius 2 is 1.64 bits per heavy atom. The smallest absolute Gasteiger partial charge is 0.275 e. The third kappa shape index (κ3) is 3.93. The van der Waals surface area contributed by atoms with Crippen LogP contribution in [0.15, 0.2) is 59.4 Å². The van der Waals surface area contributed by atoms with Gasteiger partial charge in [-0.05, 0) is 17.5 Å². The zero-order valence-electron chi connectivity index (χ0n) is 15.8. The minimum Gasteiger partial charge on any atom is -0.364 e. The van der Waals surface area contributed by atoms with Gasteiger partial charge in [0.1, 0.15) is 6.54 Å². The van der Waals surface area contributed by atoms with E-state index in [0.717, 1.165) is 10.2 Å². The molecular formula is C21H22N4O3. The van der Waals surface area contributed by atoms with Gasteiger partial charge in [-0.25, -0.2) is 4.68 Å². The Bertz CT molecular complexity index is 1070. The van der Waals surface area contributed by atoms with Gasteiger partial charge in [0.15, 0.2) is 5.69 Å². The van der Waals surface area contributed by atoms with E-state index in [4.69, 9.17) is 5.73 Å². The number of aromatic nitrogens is 2. The monoisotopic (exact) mass is 378 g/mol. The quantitative estimate of drug-likeness (QED) is 0.684. The predicted octanol–water partition coefficient (Wildman–Crippen LogP) is 2.01. The van der Waals surface area contributed by atoms with Crippen molar-refractivity contribution < 1.29 is 9.59 Å². The lowest BCUT2D eigenvalue weighted by Crippen LogP contribution is -2.38. The van der Waals surface area contributed by atoms with Crippen molar-refractivity contribution in [3.05, 3.63) is 76.2 Å². The van der Waals surface area contributed by atoms with Gasteiger partial charge in [0.05, 0.1) is 11.4 Å². The average Bonchev–Trinajstić information content (AvgIpc) is 2.68. The summed E-state index contributed by atoms with van der Waals surface area (Å²) in [6.07, 6.45) is 0. The summed E-state index contributed by atoms with van der Waals surface area (Å²) >= 11 is 0. The number of hydrogen-bond donors (Lipinski definition) is 2. The number of nitrogens with one attached hydrogen (secondary N) is 1. The summed E-state index contributed by atoms with van der Waals surface area (Å²) < 4.78 is 0.986. The molecule has 3 rings (SSSR count). The molecule has 1 aromatic heterocycles. The standard InChI is InChI=1S/C21H22N4O3/c1-13(2)18(14-8-4-3-5-9-14)23-17(26)12-25-21(28)16-11-7-6-10-15(16)19(24-25)20(22)27/h3-11,13,18H,12H2,1-2H3,(H2,22,27)(H,23,26). The molecule has 1 heterocycles. The highest BCUT2D eigenvalue weighted by Gasteiger charge is 2.20. The molecule has 0 saturated heterocycles. The van der Waals surface area contributed by atoms with E-state index in [1.807, 2.05) is 44.2 Å². The number of benzene rings is 2. The highest BCUT2D eigenvalue weighted by molar-refractivity contribution is 6.04. The molecule has 28 heavy (non-hydrogen) atoms. The van der Waals surface area contributed by atoms with Gasteiger partial charge in [-0.15, -0.1) is 0 Å². The van der Waals surface area contributed by atoms with E-state index in [2.05, 4.69) is 10.4 Å². The zero-order chi connectivity index (χ0) is 20.3. The molecule has 1 unspecified atom stereocenters. The second kappa shape index (κ2) is 8.04. The van der Waals surface area contributed by atoms with E-state index >= 15 is 0 Å². The number of primary amides is 1. The van der Waals surface area contributed by atoms with Gasteiger partial charge in [0, 0.05) is 5.39 Å². The molecule has 3 N–H and O–H groups in total. The summed E-state index contributed by atoms with van der Waals surface area (Å²) in [7, 11) is 0. The summed E-state index contributed by atoms with van der Waals surface area (Å²) in [6, 6.07) is 16.0. The summed E-state index contributed by atoms with van der Waals surface area (Å²) in [5.74, 6) is -0.980. The first-order chi connectivity index (χ1) is 13.4. The van der Waals surface area contributed by atoms with Crippen molar-refractivity contribution in [3.63, 3.8) is 0 Å². The Morgan fingerprint density at radius 1 is 1.04 bits per heavy atom. The van der Waals surface area contributed by atoms with Crippen LogP contribution in [0.25, 0.3) is 10.8 Å². The zero-order valence-corrected chi connectivity index (χ0v) is 15.8. The molecule has 0 saturated carbocycles. The second-order valence-electron chi connectivity index (χ2n) is 6.92. The van der Waals surface area contributed by atoms with E-state index in [1.165, 1.54) is 0 Å². The minimum absolute atomic E-state index is 0.0357. The van der Waals surface area contributed by atoms with Gasteiger partial charge in [-0.1, -0.05) is 62.4 Å². The highest BCUT2D eigenvalue weighted by Crippen LogP contribution is 2.21. The van der Waals surface area contributed by atoms with Crippen LogP contribution in [0.3, 0.4) is 0 Å². The van der Waals surface area contributed by atoms with Gasteiger partial charge in [0.2, 0.25) is 5.91 Å². The molecule has 0 radical (unpaired) electrons. The Kier molecular flexibility index (Phi) is 5.54. The Labute approximate surface area is 162 Å². The first-order valence-electron chi connectivity index (χ1n) is 9.02. The van der Waals surface area contributed by atoms with Crippen molar-refractivity contribution in [1.29, 1.82) is 0 Å². The van der Waals surface area contributed by atoms with Crippen LogP contribution >= 0.6 is 0 Å². The lowest BCUT2D eigenvalue weighted by molar-refractivity contribution is -0.123. The molecule has 2 amide bonds. The summed E-state index contributed by atoms with van der Waals surface area (Å²) in [5, 5.41) is 7.65. The van der Waals surface area contributed by atoms with Crippen molar-refractivity contribution in [3.8, 4) is 0 Å². The summed E-state index contributed by atoms with van der Waals surface area (Å²) in [5.41, 5.74) is 5.90. The maximum atomic E-state index is 12.7. The van der Waals surface area contributed by atoms with E-state index in [0.29, 0.717) is 10.8 Å². The first-order valence-corrected chi connectivity index (χ1v) is 9.02. The second-order valence-corrected chi connectivity index (χ2v) is 6.92. The van der Waals surface area contributed by atoms with Crippen molar-refractivity contribution in [2.24, 2.45) is 11.7 Å². The van der Waals surface area contributed by atoms with Gasteiger partial charge in [0.25, 0.3) is 11.5 Å². The van der Waals surface area contributed by atoms with Crippen LogP contribution < -0.4 is 16.6 Å². The number of hydrogen-bond acceptors (Lipinski definition) is 4. The van der Waals surface area contributed by atoms with Gasteiger partial charge >= 0.3 is 0 Å². The molecule has 144 valence electrons. The molecule has 0 spiro atoms. The van der Waals surface area contributed by atoms with Crippen molar-refractivity contribution >= 4 is 22.6 Å². The fourth-order valence-corrected chi connectivity index (χ4v) is 3.17. The van der Waals surface area contributed by atoms with Crippen molar-refractivity contribution in [2.75, 3.05) is 0 Å². The largest absolute Gasteiger partial charge is 0.364 e. The van der Waals surface area contributed by atoms with Crippen molar-refractivity contribution in [1.82, 2.24) is 15.1 Å². The van der Waals surface area contributed by atoms with Crippen molar-refractivity contribution in [2.45, 2.75) is 26.4 Å². The van der Waals surface area contributed by atoms with Crippen LogP contribution in [-0.2, 0) is 11.3 Å². The van der Waals surface area contributed by atoms with Gasteiger partial charge in [-0.3, -0.25) is 14.4 Å². The number of carbonyl (C=O) groups excluding carboxylic acids is 2. The summed E-state index contributed by atoms with van der Waals surface area (Å²) in [6.45, 7) is 3.70. The third-order valence-corrected chi connectivity index (χ3v) is 4.54. The van der Waals surface area contributed by atoms with E-state index < -0.39 is 11.5 Å². The molecular weight excluding hydrogens is 356 g/mol. The van der Waals surface area contributed by atoms with Gasteiger partial charge in [-0.2, -0.15) is 5.10 Å². The molecule has 0 bridgehead atoms. The number of amides is 2. The number of nitrogens with zero attached hydrogens (tertiary/aromatic N) is 2. The summed E-state index contributed by atoms with van der Waals surface area (Å²) in [4.78, 5) is 37.1. The fourth-order valence-electron chi connectivity index (χ4n) is 3.17. The first kappa shape index (κ1) is 19.3. The molecule has 0 aliphatic rings. The lowest BCUT2D eigenvalue weighted by Gasteiger charge is -2.23. The Morgan fingerprint density at radius 3 is 2.25 bits per heavy atom. The van der Waals surface area contributed by atoms with Gasteiger partial charge < -0.3 is 11.1 Å². The molecule has 7 nitrogen and oxygen atoms in total. The predicted molar refractivity (Wildman–Crippen MR) is 107 cm³/mol. The van der Waals surface area contributed by atoms with Crippen LogP contribution in [0.2, 0.25) is 0 Å². The number of nitrogens with two attached hydrogens (primary N) is 1. The third-order valence-electron chi connectivity index (χ3n) is 4.54. The highest BCUT2D eigenvalue weighted by atomic mass is 16.2. The topological polar surface area (TPSA) is 107 Å². The van der Waals surface area contributed by atoms with E-state index in [1.54, 1.807) is 24.3 Å². The Balaban J connectivity index is 1.92. The molecule has 1 atom stereocenters. The molecule has 0 aliphatic carbocycles. The number of carbonyl (C=O) groups is 2.